The van der Waals surface area contributed by atoms with Crippen molar-refractivity contribution in [1.82, 2.24) is 4.98 Å². The molecule has 1 aromatic heterocycles. The van der Waals surface area contributed by atoms with Crippen molar-refractivity contribution in [2.45, 2.75) is 37.1 Å². The molecule has 1 amide bonds. The number of ketones is 1. The van der Waals surface area contributed by atoms with Crippen LogP contribution in [-0.2, 0) is 14.3 Å². The predicted octanol–water partition coefficient (Wildman–Crippen LogP) is 3.85. The number of hydrogen-bond acceptors (Lipinski definition) is 8. The van der Waals surface area contributed by atoms with Crippen LogP contribution in [0.3, 0.4) is 0 Å². The second-order valence-corrected chi connectivity index (χ2v) is 8.60. The summed E-state index contributed by atoms with van der Waals surface area (Å²) >= 11 is 1.13. The first kappa shape index (κ1) is 22.1. The maximum absolute atomic E-state index is 12.5. The zero-order chi connectivity index (χ0) is 22.3. The highest BCUT2D eigenvalue weighted by atomic mass is 32.2. The Morgan fingerprint density at radius 3 is 2.75 bits per heavy atom. The van der Waals surface area contributed by atoms with E-state index in [-0.39, 0.29) is 42.3 Å². The van der Waals surface area contributed by atoms with Crippen molar-refractivity contribution in [2.75, 3.05) is 24.5 Å². The number of thioether (sulfide) groups is 1. The monoisotopic (exact) mass is 456 g/mol. The van der Waals surface area contributed by atoms with Crippen molar-refractivity contribution in [3.8, 4) is 11.5 Å². The zero-order valence-corrected chi connectivity index (χ0v) is 18.3. The van der Waals surface area contributed by atoms with Crippen LogP contribution < -0.4 is 14.8 Å². The van der Waals surface area contributed by atoms with Gasteiger partial charge in [0.2, 0.25) is 12.7 Å². The van der Waals surface area contributed by atoms with E-state index in [1.54, 1.807) is 36.5 Å². The molecule has 2 aromatic rings. The molecular formula is C23H24N2O6S. The van der Waals surface area contributed by atoms with Crippen LogP contribution in [-0.4, -0.2) is 41.8 Å². The molecule has 168 valence electrons. The Hall–Kier alpha value is -3.07. The van der Waals surface area contributed by atoms with Crippen molar-refractivity contribution < 1.29 is 28.6 Å². The molecule has 9 heteroatoms. The topological polar surface area (TPSA) is 104 Å². The highest BCUT2D eigenvalue weighted by Crippen LogP contribution is 2.34. The largest absolute Gasteiger partial charge is 0.454 e. The average molecular weight is 457 g/mol. The molecular weight excluding hydrogens is 432 g/mol. The lowest BCUT2D eigenvalue weighted by Gasteiger charge is -2.20. The van der Waals surface area contributed by atoms with Crippen molar-refractivity contribution in [3.05, 3.63) is 42.1 Å². The van der Waals surface area contributed by atoms with Gasteiger partial charge in [-0.3, -0.25) is 9.59 Å². The molecule has 0 spiro atoms. The minimum atomic E-state index is -0.610. The summed E-state index contributed by atoms with van der Waals surface area (Å²) in [7, 11) is 0. The summed E-state index contributed by atoms with van der Waals surface area (Å²) in [6.45, 7) is -0.0690. The number of amides is 1. The summed E-state index contributed by atoms with van der Waals surface area (Å²) in [6, 6.07) is 8.35. The number of nitrogens with one attached hydrogen (secondary N) is 1. The van der Waals surface area contributed by atoms with Gasteiger partial charge < -0.3 is 19.5 Å². The second-order valence-electron chi connectivity index (χ2n) is 7.64. The number of rotatable bonds is 8. The van der Waals surface area contributed by atoms with Gasteiger partial charge in [0.1, 0.15) is 5.03 Å². The number of carbonyl (C=O) groups excluding carboxylic acids is 3. The van der Waals surface area contributed by atoms with E-state index in [9.17, 15) is 14.4 Å². The minimum Gasteiger partial charge on any atom is -0.454 e. The van der Waals surface area contributed by atoms with Crippen molar-refractivity contribution >= 4 is 35.1 Å². The smallest absolute Gasteiger partial charge is 0.341 e. The predicted molar refractivity (Wildman–Crippen MR) is 118 cm³/mol. The van der Waals surface area contributed by atoms with E-state index in [0.717, 1.165) is 43.9 Å². The summed E-state index contributed by atoms with van der Waals surface area (Å²) in [5.74, 6) is 0.349. The van der Waals surface area contributed by atoms with Gasteiger partial charge in [-0.05, 0) is 37.1 Å². The fourth-order valence-corrected chi connectivity index (χ4v) is 4.51. The molecule has 0 unspecified atom stereocenters. The molecule has 2 heterocycles. The number of pyridine rings is 1. The average Bonchev–Trinajstić information content (AvgIpc) is 3.29. The summed E-state index contributed by atoms with van der Waals surface area (Å²) < 4.78 is 15.8. The van der Waals surface area contributed by atoms with Crippen molar-refractivity contribution in [3.63, 3.8) is 0 Å². The number of ether oxygens (including phenoxy) is 3. The molecule has 4 rings (SSSR count). The van der Waals surface area contributed by atoms with E-state index in [1.807, 2.05) is 0 Å². The minimum absolute atomic E-state index is 0.0147. The summed E-state index contributed by atoms with van der Waals surface area (Å²) in [6.07, 6.45) is 6.51. The summed E-state index contributed by atoms with van der Waals surface area (Å²) in [4.78, 5) is 41.4. The molecule has 1 aliphatic carbocycles. The lowest BCUT2D eigenvalue weighted by molar-refractivity contribution is -0.127. The number of anilines is 1. The standard InChI is InChI=1S/C23H24N2O6S/c26-18(15-5-2-1-3-6-15)12-29-23(28)17-7-4-10-24-22(17)32-13-21(27)25-16-8-9-19-20(11-16)31-14-30-19/h4,7-11,15H,1-3,5-6,12-14H2,(H,25,27). The Morgan fingerprint density at radius 1 is 1.09 bits per heavy atom. The quantitative estimate of drug-likeness (QED) is 0.472. The Kier molecular flexibility index (Phi) is 7.26. The fourth-order valence-electron chi connectivity index (χ4n) is 3.72. The van der Waals surface area contributed by atoms with Gasteiger partial charge in [0.25, 0.3) is 0 Å². The van der Waals surface area contributed by atoms with E-state index in [2.05, 4.69) is 10.3 Å². The molecule has 0 atom stereocenters. The van der Waals surface area contributed by atoms with Gasteiger partial charge >= 0.3 is 5.97 Å². The Morgan fingerprint density at radius 2 is 1.91 bits per heavy atom. The van der Waals surface area contributed by atoms with Crippen LogP contribution in [0, 0.1) is 5.92 Å². The van der Waals surface area contributed by atoms with Gasteiger partial charge in [-0.25, -0.2) is 9.78 Å². The highest BCUT2D eigenvalue weighted by Gasteiger charge is 2.23. The lowest BCUT2D eigenvalue weighted by atomic mass is 9.86. The number of nitrogens with zero attached hydrogens (tertiary/aromatic N) is 1. The Labute approximate surface area is 190 Å². The number of aromatic nitrogens is 1. The zero-order valence-electron chi connectivity index (χ0n) is 17.5. The number of benzene rings is 1. The van der Waals surface area contributed by atoms with Crippen LogP contribution >= 0.6 is 11.8 Å². The summed E-state index contributed by atoms with van der Waals surface area (Å²) in [5, 5.41) is 3.16. The highest BCUT2D eigenvalue weighted by molar-refractivity contribution is 8.00. The number of carbonyl (C=O) groups is 3. The van der Waals surface area contributed by atoms with E-state index >= 15 is 0 Å². The first-order valence-corrected chi connectivity index (χ1v) is 11.6. The SMILES string of the molecule is O=C(CSc1ncccc1C(=O)OCC(=O)C1CCCCC1)Nc1ccc2c(c1)OCO2. The summed E-state index contributed by atoms with van der Waals surface area (Å²) in [5.41, 5.74) is 0.826. The van der Waals surface area contributed by atoms with Crippen LogP contribution in [0.5, 0.6) is 11.5 Å². The molecule has 1 aromatic carbocycles. The number of fused-ring (bicyclic) bond motifs is 1. The third kappa shape index (κ3) is 5.59. The van der Waals surface area contributed by atoms with E-state index in [1.165, 1.54) is 0 Å². The van der Waals surface area contributed by atoms with Gasteiger partial charge in [-0.1, -0.05) is 31.0 Å². The Balaban J connectivity index is 1.30. The van der Waals surface area contributed by atoms with Crippen molar-refractivity contribution in [2.24, 2.45) is 5.92 Å². The number of hydrogen-bond donors (Lipinski definition) is 1. The second kappa shape index (κ2) is 10.5. The molecule has 0 radical (unpaired) electrons. The molecule has 32 heavy (non-hydrogen) atoms. The first-order valence-electron chi connectivity index (χ1n) is 10.6. The maximum atomic E-state index is 12.5. The van der Waals surface area contributed by atoms with Gasteiger partial charge in [-0.2, -0.15) is 0 Å². The molecule has 0 bridgehead atoms. The van der Waals surface area contributed by atoms with Crippen LogP contribution in [0.15, 0.2) is 41.6 Å². The Bertz CT molecular complexity index is 1010. The van der Waals surface area contributed by atoms with Crippen LogP contribution in [0.2, 0.25) is 0 Å². The van der Waals surface area contributed by atoms with Gasteiger partial charge in [-0.15, -0.1) is 0 Å². The number of Topliss-reactive ketones (excluding diaryl/α,β-unsaturated/α-hetero) is 1. The van der Waals surface area contributed by atoms with E-state index in [4.69, 9.17) is 14.2 Å². The van der Waals surface area contributed by atoms with E-state index < -0.39 is 5.97 Å². The maximum Gasteiger partial charge on any atom is 0.341 e. The van der Waals surface area contributed by atoms with Gasteiger partial charge in [0.05, 0.1) is 11.3 Å². The van der Waals surface area contributed by atoms with Crippen molar-refractivity contribution in [1.29, 1.82) is 0 Å². The van der Waals surface area contributed by atoms with Crippen LogP contribution in [0.25, 0.3) is 0 Å². The first-order chi connectivity index (χ1) is 15.6. The third-order valence-corrected chi connectivity index (χ3v) is 6.40. The van der Waals surface area contributed by atoms with Gasteiger partial charge in [0.15, 0.2) is 23.9 Å². The molecule has 2 aliphatic rings. The molecule has 0 saturated heterocycles. The lowest BCUT2D eigenvalue weighted by Crippen LogP contribution is -2.24. The molecule has 1 aliphatic heterocycles. The molecule has 1 saturated carbocycles. The molecule has 1 fully saturated rings. The van der Waals surface area contributed by atoms with Crippen LogP contribution in [0.1, 0.15) is 42.5 Å². The third-order valence-electron chi connectivity index (χ3n) is 5.39. The fraction of sp³-hybridized carbons (Fsp3) is 0.391. The molecule has 1 N–H and O–H groups in total. The van der Waals surface area contributed by atoms with Gasteiger partial charge in [0, 0.05) is 23.9 Å². The normalized spacial score (nSPS) is 15.2. The number of esters is 1. The van der Waals surface area contributed by atoms with Crippen LogP contribution in [0.4, 0.5) is 5.69 Å². The molecule has 8 nitrogen and oxygen atoms in total. The van der Waals surface area contributed by atoms with E-state index in [0.29, 0.717) is 22.2 Å².